The number of rotatable bonds is 4. The largest absolute Gasteiger partial charge is 0.465 e. The lowest BCUT2D eigenvalue weighted by molar-refractivity contribution is 0.0592. The minimum absolute atomic E-state index is 0.294. The van der Waals surface area contributed by atoms with E-state index < -0.39 is 12.1 Å². The highest BCUT2D eigenvalue weighted by Gasteiger charge is 2.22. The third-order valence-electron chi connectivity index (χ3n) is 2.10. The van der Waals surface area contributed by atoms with Crippen LogP contribution in [0.2, 0.25) is 0 Å². The summed E-state index contributed by atoms with van der Waals surface area (Å²) < 4.78 is 6.06. The molecule has 1 rings (SSSR count). The smallest absolute Gasteiger partial charge is 0.341 e. The summed E-state index contributed by atoms with van der Waals surface area (Å²) in [6.07, 6.45) is 0.608. The van der Waals surface area contributed by atoms with Crippen molar-refractivity contribution in [2.45, 2.75) is 6.10 Å². The van der Waals surface area contributed by atoms with E-state index in [1.165, 1.54) is 18.0 Å². The normalized spacial score (nSPS) is 12.5. The Kier molecular flexibility index (Phi) is 3.81. The Morgan fingerprint density at radius 1 is 1.80 bits per heavy atom. The minimum Gasteiger partial charge on any atom is -0.465 e. The van der Waals surface area contributed by atoms with Gasteiger partial charge in [-0.15, -0.1) is 0 Å². The Bertz CT molecular complexity index is 348. The lowest BCUT2D eigenvalue weighted by Gasteiger charge is -2.11. The monoisotopic (exact) mass is 213 g/mol. The van der Waals surface area contributed by atoms with Gasteiger partial charge in [-0.05, 0) is 7.05 Å². The van der Waals surface area contributed by atoms with E-state index >= 15 is 0 Å². The Labute approximate surface area is 87.8 Å². The summed E-state index contributed by atoms with van der Waals surface area (Å²) in [5.41, 5.74) is 0.749. The second kappa shape index (κ2) is 4.90. The molecular formula is C9H15N3O3. The number of carbonyl (C=O) groups is 1. The predicted octanol–water partition coefficient (Wildman–Crippen LogP) is -0.540. The third-order valence-corrected chi connectivity index (χ3v) is 2.10. The number of aliphatic hydroxyl groups excluding tert-OH is 1. The van der Waals surface area contributed by atoms with Crippen molar-refractivity contribution in [1.82, 2.24) is 15.1 Å². The van der Waals surface area contributed by atoms with Gasteiger partial charge in [-0.2, -0.15) is 5.10 Å². The second-order valence-corrected chi connectivity index (χ2v) is 3.13. The van der Waals surface area contributed by atoms with E-state index in [1.807, 2.05) is 0 Å². The number of hydrogen-bond acceptors (Lipinski definition) is 5. The van der Waals surface area contributed by atoms with E-state index in [9.17, 15) is 9.90 Å². The van der Waals surface area contributed by atoms with Gasteiger partial charge in [0.15, 0.2) is 0 Å². The molecule has 0 bridgehead atoms. The molecule has 1 unspecified atom stereocenters. The molecule has 0 fully saturated rings. The number of ether oxygens (including phenoxy) is 1. The molecule has 15 heavy (non-hydrogen) atoms. The summed E-state index contributed by atoms with van der Waals surface area (Å²) in [4.78, 5) is 11.3. The van der Waals surface area contributed by atoms with Crippen LogP contribution in [0.5, 0.6) is 0 Å². The fraction of sp³-hybridized carbons (Fsp3) is 0.556. The molecule has 0 aromatic carbocycles. The van der Waals surface area contributed by atoms with Crippen molar-refractivity contribution in [3.63, 3.8) is 0 Å². The SMILES string of the molecule is CNCC(O)c1c(C(=O)OC)cnn1C. The number of nitrogens with one attached hydrogen (secondary N) is 1. The first-order valence-electron chi connectivity index (χ1n) is 4.54. The zero-order valence-electron chi connectivity index (χ0n) is 9.02. The van der Waals surface area contributed by atoms with E-state index in [4.69, 9.17) is 0 Å². The van der Waals surface area contributed by atoms with Crippen LogP contribution in [-0.4, -0.2) is 41.6 Å². The number of likely N-dealkylation sites (N-methyl/N-ethyl adjacent to an activating group) is 1. The van der Waals surface area contributed by atoms with Gasteiger partial charge in [0.05, 0.1) is 19.0 Å². The zero-order chi connectivity index (χ0) is 11.4. The molecule has 0 aliphatic carbocycles. The molecule has 0 amide bonds. The van der Waals surface area contributed by atoms with Gasteiger partial charge >= 0.3 is 5.97 Å². The standard InChI is InChI=1S/C9H15N3O3/c1-10-5-7(13)8-6(9(14)15-3)4-11-12(8)2/h4,7,10,13H,5H2,1-3H3. The molecule has 1 heterocycles. The maximum atomic E-state index is 11.3. The Morgan fingerprint density at radius 2 is 2.47 bits per heavy atom. The summed E-state index contributed by atoms with van der Waals surface area (Å²) in [5.74, 6) is -0.492. The summed E-state index contributed by atoms with van der Waals surface area (Å²) in [7, 11) is 4.68. The Morgan fingerprint density at radius 3 is 3.00 bits per heavy atom. The Balaban J connectivity index is 3.03. The average molecular weight is 213 g/mol. The number of nitrogens with zero attached hydrogens (tertiary/aromatic N) is 2. The maximum absolute atomic E-state index is 11.3. The van der Waals surface area contributed by atoms with Crippen molar-refractivity contribution in [3.05, 3.63) is 17.5 Å². The minimum atomic E-state index is -0.781. The molecule has 6 heteroatoms. The van der Waals surface area contributed by atoms with Gasteiger partial charge < -0.3 is 15.2 Å². The molecule has 0 saturated carbocycles. The number of hydrogen-bond donors (Lipinski definition) is 2. The van der Waals surface area contributed by atoms with E-state index in [2.05, 4.69) is 15.2 Å². The van der Waals surface area contributed by atoms with E-state index in [-0.39, 0.29) is 0 Å². The fourth-order valence-electron chi connectivity index (χ4n) is 1.40. The third kappa shape index (κ3) is 2.34. The summed E-state index contributed by atoms with van der Waals surface area (Å²) >= 11 is 0. The highest BCUT2D eigenvalue weighted by atomic mass is 16.5. The van der Waals surface area contributed by atoms with Crippen LogP contribution in [0.1, 0.15) is 22.2 Å². The first-order valence-corrected chi connectivity index (χ1v) is 4.54. The zero-order valence-corrected chi connectivity index (χ0v) is 9.02. The maximum Gasteiger partial charge on any atom is 0.341 e. The number of aryl methyl sites for hydroxylation is 1. The first-order chi connectivity index (χ1) is 7.11. The molecule has 1 atom stereocenters. The molecule has 2 N–H and O–H groups in total. The number of methoxy groups -OCH3 is 1. The fourth-order valence-corrected chi connectivity index (χ4v) is 1.40. The molecule has 0 radical (unpaired) electrons. The van der Waals surface area contributed by atoms with Gasteiger partial charge in [0.25, 0.3) is 0 Å². The van der Waals surface area contributed by atoms with Crippen molar-refractivity contribution in [2.24, 2.45) is 7.05 Å². The van der Waals surface area contributed by atoms with Crippen molar-refractivity contribution >= 4 is 5.97 Å². The van der Waals surface area contributed by atoms with Gasteiger partial charge in [0, 0.05) is 13.6 Å². The Hall–Kier alpha value is -1.40. The molecule has 6 nitrogen and oxygen atoms in total. The van der Waals surface area contributed by atoms with Gasteiger partial charge in [-0.3, -0.25) is 4.68 Å². The lowest BCUT2D eigenvalue weighted by atomic mass is 10.1. The quantitative estimate of drug-likeness (QED) is 0.657. The highest BCUT2D eigenvalue weighted by molar-refractivity contribution is 5.90. The average Bonchev–Trinajstić information content (AvgIpc) is 2.59. The topological polar surface area (TPSA) is 76.4 Å². The van der Waals surface area contributed by atoms with Gasteiger partial charge in [-0.1, -0.05) is 0 Å². The molecule has 84 valence electrons. The number of esters is 1. The van der Waals surface area contributed by atoms with Crippen LogP contribution >= 0.6 is 0 Å². The highest BCUT2D eigenvalue weighted by Crippen LogP contribution is 2.17. The van der Waals surface area contributed by atoms with Crippen LogP contribution in [0, 0.1) is 0 Å². The van der Waals surface area contributed by atoms with E-state index in [0.717, 1.165) is 0 Å². The molecular weight excluding hydrogens is 198 g/mol. The summed E-state index contributed by atoms with van der Waals surface area (Å²) in [6.45, 7) is 0.351. The van der Waals surface area contributed by atoms with Crippen molar-refractivity contribution in [2.75, 3.05) is 20.7 Å². The summed E-state index contributed by atoms with van der Waals surface area (Å²) in [6, 6.07) is 0. The molecule has 0 saturated heterocycles. The van der Waals surface area contributed by atoms with Gasteiger partial charge in [0.2, 0.25) is 0 Å². The van der Waals surface area contributed by atoms with Crippen molar-refractivity contribution in [1.29, 1.82) is 0 Å². The van der Waals surface area contributed by atoms with Crippen LogP contribution < -0.4 is 5.32 Å². The molecule has 0 aliphatic heterocycles. The molecule has 0 spiro atoms. The number of carbonyl (C=O) groups excluding carboxylic acids is 1. The number of aromatic nitrogens is 2. The molecule has 1 aromatic rings. The molecule has 0 aliphatic rings. The van der Waals surface area contributed by atoms with Crippen LogP contribution in [0.15, 0.2) is 6.20 Å². The second-order valence-electron chi connectivity index (χ2n) is 3.13. The number of aliphatic hydroxyl groups is 1. The summed E-state index contributed by atoms with van der Waals surface area (Å²) in [5, 5.41) is 16.5. The lowest BCUT2D eigenvalue weighted by Crippen LogP contribution is -2.21. The van der Waals surface area contributed by atoms with Crippen LogP contribution in [0.4, 0.5) is 0 Å². The van der Waals surface area contributed by atoms with Crippen molar-refractivity contribution in [3.8, 4) is 0 Å². The van der Waals surface area contributed by atoms with E-state index in [0.29, 0.717) is 17.8 Å². The molecule has 1 aromatic heterocycles. The van der Waals surface area contributed by atoms with Gasteiger partial charge in [-0.25, -0.2) is 4.79 Å². The van der Waals surface area contributed by atoms with E-state index in [1.54, 1.807) is 14.1 Å². The first kappa shape index (κ1) is 11.7. The van der Waals surface area contributed by atoms with Crippen LogP contribution in [-0.2, 0) is 11.8 Å². The predicted molar refractivity (Wildman–Crippen MR) is 53.4 cm³/mol. The van der Waals surface area contributed by atoms with Crippen LogP contribution in [0.3, 0.4) is 0 Å². The van der Waals surface area contributed by atoms with Crippen molar-refractivity contribution < 1.29 is 14.6 Å². The van der Waals surface area contributed by atoms with Crippen LogP contribution in [0.25, 0.3) is 0 Å². The van der Waals surface area contributed by atoms with Gasteiger partial charge in [0.1, 0.15) is 11.7 Å².